The molecule has 1 aliphatic heterocycles. The van der Waals surface area contributed by atoms with Crippen LogP contribution in [-0.2, 0) is 13.0 Å². The third-order valence-electron chi connectivity index (χ3n) is 5.59. The standard InChI is InChI=1S/C25H21N5OS/c26-17-20(23-28-27-22-14-8-3-9-15-29(22)23)25-30(19-12-6-2-7-13-19)24(31)21(32-25)16-18-10-4-1-5-11-18/h1-2,4-7,10-13,16H,3,8-9,14-15H2/b21-16-,25-20+. The van der Waals surface area contributed by atoms with Gasteiger partial charge in [0, 0.05) is 13.0 Å². The van der Waals surface area contributed by atoms with Crippen LogP contribution in [0.25, 0.3) is 17.3 Å². The molecule has 3 heterocycles. The van der Waals surface area contributed by atoms with Crippen LogP contribution in [0, 0.1) is 11.3 Å². The molecule has 0 atom stereocenters. The van der Waals surface area contributed by atoms with Crippen LogP contribution in [0.1, 0.15) is 36.5 Å². The zero-order chi connectivity index (χ0) is 21.9. The van der Waals surface area contributed by atoms with Gasteiger partial charge in [-0.25, -0.2) is 0 Å². The predicted octanol–water partition coefficient (Wildman–Crippen LogP) is 2.77. The third kappa shape index (κ3) is 3.70. The number of nitrogens with zero attached hydrogens (tertiary/aromatic N) is 5. The van der Waals surface area contributed by atoms with Crippen LogP contribution in [0.15, 0.2) is 65.5 Å². The molecular formula is C25H21N5OS. The van der Waals surface area contributed by atoms with E-state index in [0.717, 1.165) is 49.3 Å². The van der Waals surface area contributed by atoms with Crippen LogP contribution in [0.5, 0.6) is 0 Å². The van der Waals surface area contributed by atoms with Crippen molar-refractivity contribution in [3.05, 3.63) is 97.4 Å². The quantitative estimate of drug-likeness (QED) is 0.492. The number of aryl methyl sites for hydroxylation is 1. The van der Waals surface area contributed by atoms with Crippen LogP contribution < -0.4 is 14.8 Å². The number of para-hydroxylation sites is 1. The van der Waals surface area contributed by atoms with Crippen LogP contribution in [-0.4, -0.2) is 19.3 Å². The maximum absolute atomic E-state index is 13.5. The molecule has 2 aromatic heterocycles. The lowest BCUT2D eigenvalue weighted by Gasteiger charge is -2.07. The van der Waals surface area contributed by atoms with E-state index >= 15 is 0 Å². The molecule has 2 aromatic carbocycles. The Morgan fingerprint density at radius 3 is 2.50 bits per heavy atom. The SMILES string of the molecule is N#C/C(c1nnc2n1CCCCC2)=c1\s/c(=C\c2ccccc2)c(=O)n1-c1ccccc1. The van der Waals surface area contributed by atoms with Crippen LogP contribution in [0.2, 0.25) is 0 Å². The Morgan fingerprint density at radius 2 is 1.75 bits per heavy atom. The Labute approximate surface area is 189 Å². The molecule has 4 aromatic rings. The first-order valence-electron chi connectivity index (χ1n) is 10.7. The lowest BCUT2D eigenvalue weighted by atomic mass is 10.2. The summed E-state index contributed by atoms with van der Waals surface area (Å²) < 4.78 is 4.81. The summed E-state index contributed by atoms with van der Waals surface area (Å²) in [6.45, 7) is 0.785. The molecule has 0 radical (unpaired) electrons. The maximum Gasteiger partial charge on any atom is 0.273 e. The largest absolute Gasteiger partial charge is 0.310 e. The van der Waals surface area contributed by atoms with Crippen molar-refractivity contribution in [2.24, 2.45) is 0 Å². The smallest absolute Gasteiger partial charge is 0.273 e. The molecule has 0 N–H and O–H groups in total. The summed E-state index contributed by atoms with van der Waals surface area (Å²) in [4.78, 5) is 13.5. The first kappa shape index (κ1) is 20.2. The number of hydrogen-bond donors (Lipinski definition) is 0. The molecule has 0 aliphatic carbocycles. The predicted molar refractivity (Wildman–Crippen MR) is 125 cm³/mol. The first-order valence-corrected chi connectivity index (χ1v) is 11.5. The second kappa shape index (κ2) is 8.77. The van der Waals surface area contributed by atoms with Crippen molar-refractivity contribution in [1.29, 1.82) is 5.26 Å². The maximum atomic E-state index is 13.5. The summed E-state index contributed by atoms with van der Waals surface area (Å²) >= 11 is 1.32. The minimum Gasteiger partial charge on any atom is -0.310 e. The molecule has 0 spiro atoms. The number of fused-ring (bicyclic) bond motifs is 1. The number of benzene rings is 2. The Morgan fingerprint density at radius 1 is 1.00 bits per heavy atom. The summed E-state index contributed by atoms with van der Waals surface area (Å²) in [5, 5.41) is 18.9. The van der Waals surface area contributed by atoms with E-state index in [-0.39, 0.29) is 5.56 Å². The van der Waals surface area contributed by atoms with Gasteiger partial charge in [0.05, 0.1) is 10.2 Å². The van der Waals surface area contributed by atoms with Crippen molar-refractivity contribution >= 4 is 23.0 Å². The van der Waals surface area contributed by atoms with E-state index in [0.29, 0.717) is 20.6 Å². The van der Waals surface area contributed by atoms with Crippen LogP contribution in [0.3, 0.4) is 0 Å². The highest BCUT2D eigenvalue weighted by Gasteiger charge is 2.21. The van der Waals surface area contributed by atoms with E-state index < -0.39 is 0 Å². The highest BCUT2D eigenvalue weighted by atomic mass is 32.1. The van der Waals surface area contributed by atoms with E-state index in [1.807, 2.05) is 71.3 Å². The van der Waals surface area contributed by atoms with Gasteiger partial charge in [-0.3, -0.25) is 9.36 Å². The van der Waals surface area contributed by atoms with E-state index in [1.165, 1.54) is 11.3 Å². The van der Waals surface area contributed by atoms with Gasteiger partial charge < -0.3 is 4.57 Å². The third-order valence-corrected chi connectivity index (χ3v) is 6.69. The van der Waals surface area contributed by atoms with Crippen LogP contribution in [0.4, 0.5) is 0 Å². The van der Waals surface area contributed by atoms with Gasteiger partial charge in [0.15, 0.2) is 5.82 Å². The summed E-state index contributed by atoms with van der Waals surface area (Å²) in [6.07, 6.45) is 5.96. The molecular weight excluding hydrogens is 418 g/mol. The number of hydrogen-bond acceptors (Lipinski definition) is 5. The van der Waals surface area contributed by atoms with Crippen molar-refractivity contribution in [3.8, 4) is 11.8 Å². The monoisotopic (exact) mass is 439 g/mol. The molecule has 7 heteroatoms. The average molecular weight is 440 g/mol. The second-order valence-electron chi connectivity index (χ2n) is 7.69. The van der Waals surface area contributed by atoms with Gasteiger partial charge in [0.25, 0.3) is 5.56 Å². The Bertz CT molecular complexity index is 1470. The molecule has 0 fully saturated rings. The van der Waals surface area contributed by atoms with E-state index in [2.05, 4.69) is 16.3 Å². The van der Waals surface area contributed by atoms with Crippen molar-refractivity contribution in [3.63, 3.8) is 0 Å². The highest BCUT2D eigenvalue weighted by Crippen LogP contribution is 2.18. The topological polar surface area (TPSA) is 76.5 Å². The zero-order valence-corrected chi connectivity index (χ0v) is 18.3. The summed E-state index contributed by atoms with van der Waals surface area (Å²) in [5.41, 5.74) is 1.89. The fourth-order valence-corrected chi connectivity index (χ4v) is 5.13. The summed E-state index contributed by atoms with van der Waals surface area (Å²) in [6, 6.07) is 21.5. The van der Waals surface area contributed by atoms with Gasteiger partial charge in [-0.1, -0.05) is 55.0 Å². The second-order valence-corrected chi connectivity index (χ2v) is 8.72. The molecule has 6 nitrogen and oxygen atoms in total. The fraction of sp³-hybridized carbons (Fsp3) is 0.200. The molecule has 0 bridgehead atoms. The molecule has 0 saturated carbocycles. The van der Waals surface area contributed by atoms with Crippen molar-refractivity contribution in [2.75, 3.05) is 0 Å². The van der Waals surface area contributed by atoms with E-state index in [9.17, 15) is 10.1 Å². The Kier molecular flexibility index (Phi) is 5.53. The Hall–Kier alpha value is -3.76. The first-order chi connectivity index (χ1) is 15.8. The fourth-order valence-electron chi connectivity index (χ4n) is 4.03. The number of rotatable bonds is 3. The van der Waals surface area contributed by atoms with Crippen molar-refractivity contribution in [1.82, 2.24) is 19.3 Å². The highest BCUT2D eigenvalue weighted by molar-refractivity contribution is 7.07. The van der Waals surface area contributed by atoms with Gasteiger partial charge in [0.1, 0.15) is 22.1 Å². The molecule has 0 saturated heterocycles. The average Bonchev–Trinajstić information content (AvgIpc) is 3.27. The molecule has 158 valence electrons. The van der Waals surface area contributed by atoms with Gasteiger partial charge in [-0.2, -0.15) is 5.26 Å². The summed E-state index contributed by atoms with van der Waals surface area (Å²) in [5.74, 6) is 1.45. The zero-order valence-electron chi connectivity index (χ0n) is 17.4. The lowest BCUT2D eigenvalue weighted by Crippen LogP contribution is -2.31. The molecule has 1 aliphatic rings. The molecule has 5 rings (SSSR count). The number of thiazole rings is 1. The number of aromatic nitrogens is 4. The van der Waals surface area contributed by atoms with E-state index in [1.54, 1.807) is 4.57 Å². The van der Waals surface area contributed by atoms with Crippen molar-refractivity contribution < 1.29 is 0 Å². The number of nitriles is 1. The normalized spacial score (nSPS) is 15.0. The summed E-state index contributed by atoms with van der Waals surface area (Å²) in [7, 11) is 0. The van der Waals surface area contributed by atoms with E-state index in [4.69, 9.17) is 0 Å². The lowest BCUT2D eigenvalue weighted by molar-refractivity contribution is 0.627. The van der Waals surface area contributed by atoms with Gasteiger partial charge in [-0.05, 0) is 36.6 Å². The van der Waals surface area contributed by atoms with Crippen LogP contribution >= 0.6 is 11.3 Å². The van der Waals surface area contributed by atoms with Gasteiger partial charge in [-0.15, -0.1) is 21.5 Å². The van der Waals surface area contributed by atoms with Crippen molar-refractivity contribution in [2.45, 2.75) is 32.2 Å². The molecule has 0 amide bonds. The van der Waals surface area contributed by atoms with Gasteiger partial charge >= 0.3 is 0 Å². The van der Waals surface area contributed by atoms with Gasteiger partial charge in [0.2, 0.25) is 0 Å². The molecule has 0 unspecified atom stereocenters. The minimum atomic E-state index is -0.150. The molecule has 32 heavy (non-hydrogen) atoms. The Balaban J connectivity index is 1.84. The minimum absolute atomic E-state index is 0.150.